The number of β-amino-alcohol motifs (C(OH)–C–C–N with tert-alkyl or cyclic N) is 1. The van der Waals surface area contributed by atoms with Crippen LogP contribution in [-0.4, -0.2) is 54.5 Å². The smallest absolute Gasteiger partial charge is 0.407 e. The van der Waals surface area contributed by atoms with Crippen LogP contribution in [0.4, 0.5) is 4.79 Å². The Kier molecular flexibility index (Phi) is 2.88. The standard InChI is InChI=1S/C9H16N2O3/c12-7-2-1-3-11(5-7)6-8-4-10-9(13)14-8/h7-8,12H,1-6H2,(H,10,13)/t7-,8+/m0/s1. The molecule has 0 aliphatic carbocycles. The Morgan fingerprint density at radius 2 is 2.50 bits per heavy atom. The summed E-state index contributed by atoms with van der Waals surface area (Å²) in [6, 6.07) is 0. The lowest BCUT2D eigenvalue weighted by molar-refractivity contribution is 0.0443. The number of amides is 1. The third kappa shape index (κ3) is 2.36. The van der Waals surface area contributed by atoms with Crippen LogP contribution in [-0.2, 0) is 4.74 Å². The van der Waals surface area contributed by atoms with Gasteiger partial charge in [0.2, 0.25) is 0 Å². The fourth-order valence-corrected chi connectivity index (χ4v) is 2.02. The molecule has 80 valence electrons. The highest BCUT2D eigenvalue weighted by Crippen LogP contribution is 2.11. The van der Waals surface area contributed by atoms with Crippen molar-refractivity contribution in [3.63, 3.8) is 0 Å². The second kappa shape index (κ2) is 4.14. The lowest BCUT2D eigenvalue weighted by Crippen LogP contribution is -2.43. The highest BCUT2D eigenvalue weighted by Gasteiger charge is 2.26. The van der Waals surface area contributed by atoms with Gasteiger partial charge in [-0.15, -0.1) is 0 Å². The van der Waals surface area contributed by atoms with E-state index in [2.05, 4.69) is 10.2 Å². The fraction of sp³-hybridized carbons (Fsp3) is 0.889. The first-order valence-electron chi connectivity index (χ1n) is 5.09. The highest BCUT2D eigenvalue weighted by atomic mass is 16.6. The molecular weight excluding hydrogens is 184 g/mol. The zero-order chi connectivity index (χ0) is 9.97. The average molecular weight is 200 g/mol. The first-order valence-corrected chi connectivity index (χ1v) is 5.09. The van der Waals surface area contributed by atoms with Gasteiger partial charge in [0.05, 0.1) is 12.6 Å². The predicted molar refractivity (Wildman–Crippen MR) is 50.0 cm³/mol. The molecule has 2 fully saturated rings. The van der Waals surface area contributed by atoms with Crippen molar-refractivity contribution in [2.75, 3.05) is 26.2 Å². The Balaban J connectivity index is 1.76. The van der Waals surface area contributed by atoms with Crippen molar-refractivity contribution in [3.8, 4) is 0 Å². The lowest BCUT2D eigenvalue weighted by atomic mass is 10.1. The molecular formula is C9H16N2O3. The van der Waals surface area contributed by atoms with E-state index in [1.54, 1.807) is 0 Å². The van der Waals surface area contributed by atoms with Crippen molar-refractivity contribution in [3.05, 3.63) is 0 Å². The number of piperidine rings is 1. The largest absolute Gasteiger partial charge is 0.443 e. The molecule has 2 saturated heterocycles. The summed E-state index contributed by atoms with van der Waals surface area (Å²) in [6.07, 6.45) is 1.32. The number of hydrogen-bond acceptors (Lipinski definition) is 4. The van der Waals surface area contributed by atoms with Crippen LogP contribution >= 0.6 is 0 Å². The van der Waals surface area contributed by atoms with E-state index in [1.165, 1.54) is 0 Å². The van der Waals surface area contributed by atoms with Gasteiger partial charge in [-0.2, -0.15) is 0 Å². The molecule has 0 bridgehead atoms. The number of hydrogen-bond donors (Lipinski definition) is 2. The van der Waals surface area contributed by atoms with Gasteiger partial charge in [0, 0.05) is 13.1 Å². The number of nitrogens with zero attached hydrogens (tertiary/aromatic N) is 1. The van der Waals surface area contributed by atoms with E-state index in [9.17, 15) is 9.90 Å². The summed E-state index contributed by atoms with van der Waals surface area (Å²) in [5.74, 6) is 0. The second-order valence-corrected chi connectivity index (χ2v) is 3.96. The van der Waals surface area contributed by atoms with Crippen LogP contribution in [0.3, 0.4) is 0 Å². The molecule has 2 N–H and O–H groups in total. The number of cyclic esters (lactones) is 1. The Morgan fingerprint density at radius 1 is 1.64 bits per heavy atom. The zero-order valence-corrected chi connectivity index (χ0v) is 8.11. The molecule has 0 saturated carbocycles. The first kappa shape index (κ1) is 9.73. The molecule has 0 aromatic rings. The first-order chi connectivity index (χ1) is 6.74. The number of aliphatic hydroxyl groups is 1. The summed E-state index contributed by atoms with van der Waals surface area (Å²) in [7, 11) is 0. The van der Waals surface area contributed by atoms with Gasteiger partial charge in [0.1, 0.15) is 6.10 Å². The normalized spacial score (nSPS) is 33.9. The van der Waals surface area contributed by atoms with E-state index in [4.69, 9.17) is 4.74 Å². The molecule has 5 nitrogen and oxygen atoms in total. The van der Waals surface area contributed by atoms with Crippen LogP contribution in [0, 0.1) is 0 Å². The SMILES string of the molecule is O=C1NC[C@H](CN2CCC[C@H](O)C2)O1. The van der Waals surface area contributed by atoms with Crippen LogP contribution < -0.4 is 5.32 Å². The summed E-state index contributed by atoms with van der Waals surface area (Å²) in [5, 5.41) is 12.1. The molecule has 5 heteroatoms. The number of alkyl carbamates (subject to hydrolysis) is 1. The number of nitrogens with one attached hydrogen (secondary N) is 1. The Labute approximate surface area is 83.0 Å². The number of carbonyl (C=O) groups excluding carboxylic acids is 1. The van der Waals surface area contributed by atoms with Crippen LogP contribution in [0.5, 0.6) is 0 Å². The van der Waals surface area contributed by atoms with Crippen molar-refractivity contribution in [1.29, 1.82) is 0 Å². The summed E-state index contributed by atoms with van der Waals surface area (Å²) in [4.78, 5) is 12.9. The summed E-state index contributed by atoms with van der Waals surface area (Å²) >= 11 is 0. The number of carbonyl (C=O) groups is 1. The number of likely N-dealkylation sites (tertiary alicyclic amines) is 1. The molecule has 2 heterocycles. The van der Waals surface area contributed by atoms with Crippen molar-refractivity contribution >= 4 is 6.09 Å². The fourth-order valence-electron chi connectivity index (χ4n) is 2.02. The minimum Gasteiger partial charge on any atom is -0.443 e. The van der Waals surface area contributed by atoms with Gasteiger partial charge in [0.25, 0.3) is 0 Å². The molecule has 0 aromatic heterocycles. The Bertz CT molecular complexity index is 222. The van der Waals surface area contributed by atoms with Crippen molar-refractivity contribution < 1.29 is 14.6 Å². The number of aliphatic hydroxyl groups excluding tert-OH is 1. The van der Waals surface area contributed by atoms with E-state index in [0.717, 1.165) is 25.9 Å². The molecule has 2 rings (SSSR count). The van der Waals surface area contributed by atoms with Crippen LogP contribution in [0.25, 0.3) is 0 Å². The summed E-state index contributed by atoms with van der Waals surface area (Å²) in [6.45, 7) is 3.01. The summed E-state index contributed by atoms with van der Waals surface area (Å²) < 4.78 is 5.03. The monoisotopic (exact) mass is 200 g/mol. The van der Waals surface area contributed by atoms with E-state index in [1.807, 2.05) is 0 Å². The van der Waals surface area contributed by atoms with Gasteiger partial charge in [0.15, 0.2) is 0 Å². The van der Waals surface area contributed by atoms with E-state index in [0.29, 0.717) is 13.1 Å². The maximum atomic E-state index is 10.8. The quantitative estimate of drug-likeness (QED) is 0.634. The number of ether oxygens (including phenoxy) is 1. The van der Waals surface area contributed by atoms with Gasteiger partial charge in [-0.1, -0.05) is 0 Å². The summed E-state index contributed by atoms with van der Waals surface area (Å²) in [5.41, 5.74) is 0. The van der Waals surface area contributed by atoms with Gasteiger partial charge in [-0.05, 0) is 19.4 Å². The van der Waals surface area contributed by atoms with Gasteiger partial charge >= 0.3 is 6.09 Å². The van der Waals surface area contributed by atoms with Crippen LogP contribution in [0.15, 0.2) is 0 Å². The third-order valence-electron chi connectivity index (χ3n) is 2.69. The lowest BCUT2D eigenvalue weighted by Gasteiger charge is -2.30. The molecule has 1 amide bonds. The van der Waals surface area contributed by atoms with Crippen LogP contribution in [0.2, 0.25) is 0 Å². The van der Waals surface area contributed by atoms with Crippen molar-refractivity contribution in [2.24, 2.45) is 0 Å². The third-order valence-corrected chi connectivity index (χ3v) is 2.69. The molecule has 14 heavy (non-hydrogen) atoms. The molecule has 0 radical (unpaired) electrons. The molecule has 0 aromatic carbocycles. The maximum Gasteiger partial charge on any atom is 0.407 e. The predicted octanol–water partition coefficient (Wildman–Crippen LogP) is -0.449. The molecule has 0 spiro atoms. The van der Waals surface area contributed by atoms with Gasteiger partial charge < -0.3 is 15.2 Å². The Hall–Kier alpha value is -0.810. The van der Waals surface area contributed by atoms with Gasteiger partial charge in [-0.25, -0.2) is 4.79 Å². The van der Waals surface area contributed by atoms with E-state index in [-0.39, 0.29) is 18.3 Å². The molecule has 2 aliphatic heterocycles. The van der Waals surface area contributed by atoms with Gasteiger partial charge in [-0.3, -0.25) is 4.90 Å². The minimum atomic E-state index is -0.326. The van der Waals surface area contributed by atoms with E-state index >= 15 is 0 Å². The molecule has 2 atom stereocenters. The Morgan fingerprint density at radius 3 is 3.14 bits per heavy atom. The highest BCUT2D eigenvalue weighted by molar-refractivity contribution is 5.69. The topological polar surface area (TPSA) is 61.8 Å². The van der Waals surface area contributed by atoms with E-state index < -0.39 is 0 Å². The zero-order valence-electron chi connectivity index (χ0n) is 8.11. The minimum absolute atomic E-state index is 0.0483. The molecule has 2 aliphatic rings. The van der Waals surface area contributed by atoms with Crippen molar-refractivity contribution in [2.45, 2.75) is 25.0 Å². The van der Waals surface area contributed by atoms with Crippen LogP contribution in [0.1, 0.15) is 12.8 Å². The number of rotatable bonds is 2. The average Bonchev–Trinajstić information content (AvgIpc) is 2.51. The second-order valence-electron chi connectivity index (χ2n) is 3.96. The molecule has 0 unspecified atom stereocenters. The maximum absolute atomic E-state index is 10.8. The van der Waals surface area contributed by atoms with Crippen molar-refractivity contribution in [1.82, 2.24) is 10.2 Å².